The van der Waals surface area contributed by atoms with Gasteiger partial charge < -0.3 is 10.2 Å². The molecule has 1 N–H and O–H groups in total. The van der Waals surface area contributed by atoms with Crippen LogP contribution in [0.15, 0.2) is 4.99 Å². The van der Waals surface area contributed by atoms with Crippen LogP contribution >= 0.6 is 11.8 Å². The zero-order valence-corrected chi connectivity index (χ0v) is 13.8. The number of amidine groups is 1. The summed E-state index contributed by atoms with van der Waals surface area (Å²) in [5.74, 6) is 1.77. The number of hydrogen-bond donors (Lipinski definition) is 1. The zero-order valence-electron chi connectivity index (χ0n) is 13.0. The van der Waals surface area contributed by atoms with E-state index in [1.54, 1.807) is 18.7 Å². The van der Waals surface area contributed by atoms with Crippen molar-refractivity contribution in [2.75, 3.05) is 13.1 Å². The number of nitrogens with one attached hydrogen (secondary N) is 1. The summed E-state index contributed by atoms with van der Waals surface area (Å²) in [6.07, 6.45) is 6.74. The van der Waals surface area contributed by atoms with E-state index >= 15 is 0 Å². The van der Waals surface area contributed by atoms with E-state index in [9.17, 15) is 9.59 Å². The number of nitrogens with zero attached hydrogens (tertiary/aromatic N) is 2. The first kappa shape index (κ1) is 14.5. The van der Waals surface area contributed by atoms with Crippen LogP contribution in [0.1, 0.15) is 45.4 Å². The summed E-state index contributed by atoms with van der Waals surface area (Å²) in [4.78, 5) is 30.0. The van der Waals surface area contributed by atoms with E-state index in [2.05, 4.69) is 10.3 Å². The lowest BCUT2D eigenvalue weighted by Crippen LogP contribution is -2.47. The molecule has 2 aliphatic carbocycles. The van der Waals surface area contributed by atoms with Crippen LogP contribution in [0.5, 0.6) is 0 Å². The lowest BCUT2D eigenvalue weighted by Gasteiger charge is -2.36. The highest BCUT2D eigenvalue weighted by Gasteiger charge is 2.49. The summed E-state index contributed by atoms with van der Waals surface area (Å²) in [6.45, 7) is 2.94. The Morgan fingerprint density at radius 1 is 1.32 bits per heavy atom. The van der Waals surface area contributed by atoms with Crippen LogP contribution in [0.3, 0.4) is 0 Å². The molecule has 6 heteroatoms. The van der Waals surface area contributed by atoms with Gasteiger partial charge in [-0.05, 0) is 43.9 Å². The molecule has 4 aliphatic rings. The standard InChI is InChI=1S/C16H23N3O2S/c1-10(20)19-6-4-16(5-7-19)14(21)18-15(22-16)17-13-9-11-2-3-12(13)8-11/h11-13H,2-9H2,1H3,(H,17,18,21). The normalized spacial score (nSPS) is 36.0. The fraction of sp³-hybridized carbons (Fsp3) is 0.812. The number of rotatable bonds is 1. The van der Waals surface area contributed by atoms with E-state index in [0.29, 0.717) is 19.1 Å². The van der Waals surface area contributed by atoms with Crippen molar-refractivity contribution in [2.45, 2.75) is 56.2 Å². The van der Waals surface area contributed by atoms with Gasteiger partial charge in [0.1, 0.15) is 4.75 Å². The Labute approximate surface area is 135 Å². The summed E-state index contributed by atoms with van der Waals surface area (Å²) in [5, 5.41) is 4.39. The van der Waals surface area contributed by atoms with Crippen LogP contribution in [-0.4, -0.2) is 45.8 Å². The van der Waals surface area contributed by atoms with Crippen molar-refractivity contribution >= 4 is 28.7 Å². The van der Waals surface area contributed by atoms with Gasteiger partial charge in [-0.25, -0.2) is 0 Å². The molecule has 0 aromatic rings. The maximum absolute atomic E-state index is 12.4. The highest BCUT2D eigenvalue weighted by Crippen LogP contribution is 2.46. The number of aliphatic imine (C=N–C) groups is 1. The van der Waals surface area contributed by atoms with Crippen LogP contribution in [-0.2, 0) is 9.59 Å². The van der Waals surface area contributed by atoms with E-state index in [1.165, 1.54) is 25.7 Å². The number of amides is 2. The number of carbonyl (C=O) groups excluding carboxylic acids is 2. The fourth-order valence-corrected chi connectivity index (χ4v) is 5.81. The molecule has 2 amide bonds. The maximum atomic E-state index is 12.4. The molecule has 0 aromatic heterocycles. The minimum atomic E-state index is -0.411. The molecule has 3 unspecified atom stereocenters. The second-order valence-corrected chi connectivity index (χ2v) is 8.62. The summed E-state index contributed by atoms with van der Waals surface area (Å²) in [6, 6.07) is 0.519. The van der Waals surface area contributed by atoms with Crippen LogP contribution in [0.25, 0.3) is 0 Å². The molecule has 2 aliphatic heterocycles. The second kappa shape index (κ2) is 5.25. The van der Waals surface area contributed by atoms with Gasteiger partial charge >= 0.3 is 0 Å². The number of carbonyl (C=O) groups is 2. The minimum absolute atomic E-state index is 0.00589. The first-order valence-electron chi connectivity index (χ1n) is 8.40. The van der Waals surface area contributed by atoms with E-state index in [1.807, 2.05) is 4.90 Å². The molecule has 3 fully saturated rings. The third kappa shape index (κ3) is 2.36. The Morgan fingerprint density at radius 2 is 2.09 bits per heavy atom. The molecule has 5 nitrogen and oxygen atoms in total. The number of likely N-dealkylation sites (tertiary alicyclic amines) is 1. The van der Waals surface area contributed by atoms with Gasteiger partial charge in [-0.1, -0.05) is 18.2 Å². The van der Waals surface area contributed by atoms with Crippen molar-refractivity contribution in [3.05, 3.63) is 0 Å². The van der Waals surface area contributed by atoms with Gasteiger partial charge in [-0.15, -0.1) is 0 Å². The maximum Gasteiger partial charge on any atom is 0.264 e. The average molecular weight is 321 g/mol. The van der Waals surface area contributed by atoms with Gasteiger partial charge in [-0.3, -0.25) is 9.59 Å². The van der Waals surface area contributed by atoms with Crippen LogP contribution < -0.4 is 5.32 Å². The summed E-state index contributed by atoms with van der Waals surface area (Å²) < 4.78 is -0.411. The summed E-state index contributed by atoms with van der Waals surface area (Å²) in [5.41, 5.74) is 0. The predicted molar refractivity (Wildman–Crippen MR) is 86.6 cm³/mol. The van der Waals surface area contributed by atoms with Crippen molar-refractivity contribution < 1.29 is 9.59 Å². The van der Waals surface area contributed by atoms with E-state index < -0.39 is 4.75 Å². The number of hydrogen-bond acceptors (Lipinski definition) is 4. The highest BCUT2D eigenvalue weighted by molar-refractivity contribution is 8.16. The number of fused-ring (bicyclic) bond motifs is 2. The smallest absolute Gasteiger partial charge is 0.264 e. The van der Waals surface area contributed by atoms with E-state index in [0.717, 1.165) is 29.8 Å². The Kier molecular flexibility index (Phi) is 3.47. The van der Waals surface area contributed by atoms with Crippen molar-refractivity contribution in [1.29, 1.82) is 0 Å². The lowest BCUT2D eigenvalue weighted by atomic mass is 9.95. The fourth-order valence-electron chi connectivity index (χ4n) is 4.59. The van der Waals surface area contributed by atoms with Gasteiger partial charge in [0.25, 0.3) is 5.91 Å². The van der Waals surface area contributed by atoms with Crippen LogP contribution in [0.2, 0.25) is 0 Å². The van der Waals surface area contributed by atoms with Gasteiger partial charge in [0.05, 0.1) is 0 Å². The number of thioether (sulfide) groups is 1. The summed E-state index contributed by atoms with van der Waals surface area (Å²) >= 11 is 1.62. The van der Waals surface area contributed by atoms with Gasteiger partial charge in [0.2, 0.25) is 5.91 Å². The quantitative estimate of drug-likeness (QED) is 0.799. The topological polar surface area (TPSA) is 61.8 Å². The van der Waals surface area contributed by atoms with Crippen molar-refractivity contribution in [3.8, 4) is 0 Å². The first-order chi connectivity index (χ1) is 10.6. The van der Waals surface area contributed by atoms with Gasteiger partial charge in [0, 0.05) is 26.1 Å². The third-order valence-corrected chi connectivity index (χ3v) is 7.32. The molecule has 2 saturated carbocycles. The van der Waals surface area contributed by atoms with E-state index in [-0.39, 0.29) is 11.8 Å². The Hall–Kier alpha value is -1.04. The SMILES string of the molecule is CC(=O)N1CCC2(CC1)SC(NC1CC3CCC1C3)=NC2=O. The molecule has 3 atom stereocenters. The molecule has 2 heterocycles. The van der Waals surface area contributed by atoms with Crippen molar-refractivity contribution in [1.82, 2.24) is 10.2 Å². The highest BCUT2D eigenvalue weighted by atomic mass is 32.2. The molecular weight excluding hydrogens is 298 g/mol. The second-order valence-electron chi connectivity index (χ2n) is 7.25. The van der Waals surface area contributed by atoms with E-state index in [4.69, 9.17) is 0 Å². The predicted octanol–water partition coefficient (Wildman–Crippen LogP) is 1.78. The van der Waals surface area contributed by atoms with Crippen molar-refractivity contribution in [2.24, 2.45) is 16.8 Å². The average Bonchev–Trinajstić information content (AvgIpc) is 3.16. The first-order valence-corrected chi connectivity index (χ1v) is 9.21. The molecular formula is C16H23N3O2S. The molecule has 120 valence electrons. The Balaban J connectivity index is 1.38. The third-order valence-electron chi connectivity index (χ3n) is 5.95. The molecule has 0 radical (unpaired) electrons. The molecule has 1 saturated heterocycles. The molecule has 2 bridgehead atoms. The van der Waals surface area contributed by atoms with Crippen molar-refractivity contribution in [3.63, 3.8) is 0 Å². The Bertz CT molecular complexity index is 540. The van der Waals surface area contributed by atoms with Gasteiger partial charge in [-0.2, -0.15) is 4.99 Å². The minimum Gasteiger partial charge on any atom is -0.361 e. The number of piperidine rings is 1. The largest absolute Gasteiger partial charge is 0.361 e. The Morgan fingerprint density at radius 3 is 2.68 bits per heavy atom. The molecule has 1 spiro atoms. The van der Waals surface area contributed by atoms with Gasteiger partial charge in [0.15, 0.2) is 5.17 Å². The summed E-state index contributed by atoms with van der Waals surface area (Å²) in [7, 11) is 0. The molecule has 4 rings (SSSR count). The van der Waals surface area contributed by atoms with Crippen LogP contribution in [0, 0.1) is 11.8 Å². The zero-order chi connectivity index (χ0) is 15.3. The lowest BCUT2D eigenvalue weighted by molar-refractivity contribution is -0.131. The van der Waals surface area contributed by atoms with Crippen LogP contribution in [0.4, 0.5) is 0 Å². The molecule has 22 heavy (non-hydrogen) atoms. The monoisotopic (exact) mass is 321 g/mol. The molecule has 0 aromatic carbocycles.